The lowest BCUT2D eigenvalue weighted by molar-refractivity contribution is -0.183. The average molecular weight is 450 g/mol. The lowest BCUT2D eigenvalue weighted by Gasteiger charge is -2.39. The van der Waals surface area contributed by atoms with Crippen LogP contribution in [0.3, 0.4) is 0 Å². The minimum Gasteiger partial charge on any atom is -0.475 e. The van der Waals surface area contributed by atoms with Gasteiger partial charge in [0.1, 0.15) is 5.75 Å². The van der Waals surface area contributed by atoms with Crippen molar-refractivity contribution >= 4 is 23.5 Å². The molecule has 0 fully saturated rings. The average Bonchev–Trinajstić information content (AvgIpc) is 3.27. The van der Waals surface area contributed by atoms with Crippen LogP contribution in [0.5, 0.6) is 5.75 Å². The molecule has 0 saturated carbocycles. The highest BCUT2D eigenvalue weighted by Gasteiger charge is 2.73. The van der Waals surface area contributed by atoms with Crippen LogP contribution in [0.4, 0.5) is 0 Å². The minimum absolute atomic E-state index is 0.0403. The number of fused-ring (bicyclic) bond motifs is 3. The van der Waals surface area contributed by atoms with E-state index in [1.807, 2.05) is 24.3 Å². The quantitative estimate of drug-likeness (QED) is 0.375. The zero-order chi connectivity index (χ0) is 23.8. The third-order valence-corrected chi connectivity index (χ3v) is 6.20. The second-order valence-electron chi connectivity index (χ2n) is 7.87. The molecule has 0 radical (unpaired) electrons. The van der Waals surface area contributed by atoms with E-state index in [1.54, 1.807) is 39.0 Å². The van der Waals surface area contributed by atoms with Crippen LogP contribution in [0.25, 0.3) is 5.57 Å². The molecule has 0 aromatic heterocycles. The summed E-state index contributed by atoms with van der Waals surface area (Å²) < 4.78 is 22.4. The number of benzene rings is 2. The van der Waals surface area contributed by atoms with E-state index in [9.17, 15) is 14.4 Å². The molecule has 1 aliphatic carbocycles. The number of ether oxygens (including phenoxy) is 4. The van der Waals surface area contributed by atoms with Crippen LogP contribution in [-0.2, 0) is 35.8 Å². The fourth-order valence-electron chi connectivity index (χ4n) is 4.86. The van der Waals surface area contributed by atoms with Gasteiger partial charge in [-0.05, 0) is 44.5 Å². The molecule has 0 amide bonds. The third-order valence-electron chi connectivity index (χ3n) is 6.20. The van der Waals surface area contributed by atoms with Gasteiger partial charge in [0.15, 0.2) is 5.60 Å². The highest BCUT2D eigenvalue weighted by atomic mass is 16.6. The summed E-state index contributed by atoms with van der Waals surface area (Å²) in [7, 11) is 0. The summed E-state index contributed by atoms with van der Waals surface area (Å²) in [6.45, 7) is 9.74. The van der Waals surface area contributed by atoms with E-state index >= 15 is 0 Å². The summed E-state index contributed by atoms with van der Waals surface area (Å²) in [6.07, 6.45) is 0.0403. The fourth-order valence-corrected chi connectivity index (χ4v) is 4.86. The van der Waals surface area contributed by atoms with Gasteiger partial charge in [0.05, 0.1) is 25.4 Å². The van der Waals surface area contributed by atoms with E-state index in [2.05, 4.69) is 6.58 Å². The van der Waals surface area contributed by atoms with Crippen LogP contribution in [0.2, 0.25) is 0 Å². The number of hydrogen-bond donors (Lipinski definition) is 0. The maximum Gasteiger partial charge on any atom is 0.338 e. The second kappa shape index (κ2) is 8.39. The zero-order valence-corrected chi connectivity index (χ0v) is 18.9. The Morgan fingerprint density at radius 2 is 1.58 bits per heavy atom. The first kappa shape index (κ1) is 22.6. The first-order valence-corrected chi connectivity index (χ1v) is 11.0. The molecule has 7 heteroatoms. The Kier molecular flexibility index (Phi) is 5.74. The van der Waals surface area contributed by atoms with Crippen molar-refractivity contribution in [2.75, 3.05) is 19.8 Å². The molecule has 4 rings (SSSR count). The summed E-state index contributed by atoms with van der Waals surface area (Å²) in [6, 6.07) is 12.1. The fraction of sp³-hybridized carbons (Fsp3) is 0.346. The maximum atomic E-state index is 13.6. The monoisotopic (exact) mass is 450 g/mol. The van der Waals surface area contributed by atoms with Gasteiger partial charge >= 0.3 is 17.9 Å². The number of carbonyl (C=O) groups is 3. The standard InChI is InChI=1S/C26H26O7/c1-5-30-22(27)17-12-13-21-19(14-17)16(4)26(33-21)20-11-9-8-10-18(20)15-25(26,23(28)31-6-2)24(29)32-7-3/h8-14H,4-7,15H2,1-3H3. The number of hydrogen-bond acceptors (Lipinski definition) is 7. The SMILES string of the molecule is C=C1c2cc(C(=O)OCC)ccc2OC12c1ccccc1CC2(C(=O)OCC)C(=O)OCC. The van der Waals surface area contributed by atoms with Crippen molar-refractivity contribution < 1.29 is 33.3 Å². The van der Waals surface area contributed by atoms with Crippen molar-refractivity contribution in [3.05, 3.63) is 71.3 Å². The Morgan fingerprint density at radius 3 is 2.21 bits per heavy atom. The predicted molar refractivity (Wildman–Crippen MR) is 120 cm³/mol. The molecule has 7 nitrogen and oxygen atoms in total. The Hall–Kier alpha value is -3.61. The Balaban J connectivity index is 1.95. The highest BCUT2D eigenvalue weighted by molar-refractivity contribution is 6.08. The van der Waals surface area contributed by atoms with Crippen LogP contribution < -0.4 is 4.74 Å². The molecule has 1 heterocycles. The third kappa shape index (κ3) is 3.06. The lowest BCUT2D eigenvalue weighted by atomic mass is 9.68. The molecule has 0 saturated heterocycles. The minimum atomic E-state index is -1.83. The first-order chi connectivity index (χ1) is 15.9. The summed E-state index contributed by atoms with van der Waals surface area (Å²) in [5, 5.41) is 0. The molecule has 0 N–H and O–H groups in total. The smallest absolute Gasteiger partial charge is 0.338 e. The van der Waals surface area contributed by atoms with Gasteiger partial charge in [-0.15, -0.1) is 0 Å². The summed E-state index contributed by atoms with van der Waals surface area (Å²) in [5.74, 6) is -1.55. The van der Waals surface area contributed by atoms with E-state index in [-0.39, 0.29) is 26.2 Å². The van der Waals surface area contributed by atoms with Crippen LogP contribution in [0.1, 0.15) is 47.8 Å². The van der Waals surface area contributed by atoms with Crippen LogP contribution in [0.15, 0.2) is 49.0 Å². The Morgan fingerprint density at radius 1 is 0.939 bits per heavy atom. The van der Waals surface area contributed by atoms with E-state index in [1.165, 1.54) is 0 Å². The molecule has 1 atom stereocenters. The summed E-state index contributed by atoms with van der Waals surface area (Å²) in [4.78, 5) is 39.4. The summed E-state index contributed by atoms with van der Waals surface area (Å²) in [5.41, 5.74) is -0.768. The van der Waals surface area contributed by atoms with E-state index < -0.39 is 28.9 Å². The number of esters is 3. The Labute approximate surface area is 192 Å². The van der Waals surface area contributed by atoms with Crippen molar-refractivity contribution in [3.8, 4) is 5.75 Å². The van der Waals surface area contributed by atoms with Crippen molar-refractivity contribution in [2.24, 2.45) is 5.41 Å². The molecule has 172 valence electrons. The van der Waals surface area contributed by atoms with Gasteiger partial charge in [0.25, 0.3) is 0 Å². The van der Waals surface area contributed by atoms with E-state index in [0.717, 1.165) is 5.56 Å². The van der Waals surface area contributed by atoms with Crippen molar-refractivity contribution in [2.45, 2.75) is 32.8 Å². The number of rotatable bonds is 6. The van der Waals surface area contributed by atoms with Crippen molar-refractivity contribution in [1.82, 2.24) is 0 Å². The molecule has 33 heavy (non-hydrogen) atoms. The maximum absolute atomic E-state index is 13.6. The molecular formula is C26H26O7. The molecule has 1 aliphatic heterocycles. The van der Waals surface area contributed by atoms with Gasteiger partial charge in [-0.3, -0.25) is 9.59 Å². The van der Waals surface area contributed by atoms with Gasteiger partial charge < -0.3 is 18.9 Å². The molecule has 1 unspecified atom stereocenters. The van der Waals surface area contributed by atoms with Gasteiger partial charge in [-0.2, -0.15) is 0 Å². The van der Waals surface area contributed by atoms with Crippen LogP contribution >= 0.6 is 0 Å². The molecule has 2 aromatic rings. The number of carbonyl (C=O) groups excluding carboxylic acids is 3. The normalized spacial score (nSPS) is 19.4. The lowest BCUT2D eigenvalue weighted by Crippen LogP contribution is -2.57. The first-order valence-electron chi connectivity index (χ1n) is 11.0. The van der Waals surface area contributed by atoms with Gasteiger partial charge in [0.2, 0.25) is 5.41 Å². The molecule has 2 aliphatic rings. The van der Waals surface area contributed by atoms with Gasteiger partial charge in [-0.1, -0.05) is 30.8 Å². The van der Waals surface area contributed by atoms with Gasteiger partial charge in [-0.25, -0.2) is 4.79 Å². The highest BCUT2D eigenvalue weighted by Crippen LogP contribution is 2.64. The van der Waals surface area contributed by atoms with E-state index in [4.69, 9.17) is 18.9 Å². The molecule has 1 spiro atoms. The largest absolute Gasteiger partial charge is 0.475 e. The molecule has 2 aromatic carbocycles. The predicted octanol–water partition coefficient (Wildman–Crippen LogP) is 3.83. The molecular weight excluding hydrogens is 424 g/mol. The van der Waals surface area contributed by atoms with Crippen LogP contribution in [-0.4, -0.2) is 37.7 Å². The summed E-state index contributed by atoms with van der Waals surface area (Å²) >= 11 is 0. The zero-order valence-electron chi connectivity index (χ0n) is 18.9. The molecule has 0 bridgehead atoms. The van der Waals surface area contributed by atoms with Gasteiger partial charge in [0, 0.05) is 23.1 Å². The Bertz CT molecular complexity index is 1130. The van der Waals surface area contributed by atoms with Crippen molar-refractivity contribution in [1.29, 1.82) is 0 Å². The topological polar surface area (TPSA) is 88.1 Å². The van der Waals surface area contributed by atoms with E-state index in [0.29, 0.717) is 28.0 Å². The van der Waals surface area contributed by atoms with Crippen LogP contribution in [0, 0.1) is 5.41 Å². The second-order valence-corrected chi connectivity index (χ2v) is 7.87. The van der Waals surface area contributed by atoms with Crippen molar-refractivity contribution in [3.63, 3.8) is 0 Å².